The van der Waals surface area contributed by atoms with Crippen molar-refractivity contribution in [2.24, 2.45) is 4.99 Å². The van der Waals surface area contributed by atoms with Crippen molar-refractivity contribution in [1.29, 1.82) is 0 Å². The van der Waals surface area contributed by atoms with Crippen LogP contribution in [0.15, 0.2) is 41.4 Å². The summed E-state index contributed by atoms with van der Waals surface area (Å²) in [4.78, 5) is 5.05. The Bertz CT molecular complexity index is 857. The number of nitrogens with zero attached hydrogens (tertiary/aromatic N) is 1. The van der Waals surface area contributed by atoms with Gasteiger partial charge in [-0.2, -0.15) is 0 Å². The number of hydrogen-bond acceptors (Lipinski definition) is 4. The van der Waals surface area contributed by atoms with Gasteiger partial charge in [0.25, 0.3) is 0 Å². The second-order valence-electron chi connectivity index (χ2n) is 5.44. The molecule has 130 valence electrons. The molecule has 3 rings (SSSR count). The predicted octanol–water partition coefficient (Wildman–Crippen LogP) is 4.44. The third kappa shape index (κ3) is 3.81. The quantitative estimate of drug-likeness (QED) is 0.631. The zero-order chi connectivity index (χ0) is 18.0. The fraction of sp³-hybridized carbons (Fsp3) is 0.222. The molecule has 1 unspecified atom stereocenters. The van der Waals surface area contributed by atoms with Crippen LogP contribution in [0.3, 0.4) is 0 Å². The van der Waals surface area contributed by atoms with E-state index in [4.69, 9.17) is 33.3 Å². The van der Waals surface area contributed by atoms with E-state index in [9.17, 15) is 4.39 Å². The predicted molar refractivity (Wildman–Crippen MR) is 102 cm³/mol. The minimum atomic E-state index is -0.581. The summed E-state index contributed by atoms with van der Waals surface area (Å²) >= 11 is 11.6. The first-order valence-corrected chi connectivity index (χ1v) is 8.40. The molecule has 0 saturated carbocycles. The number of hydrogen-bond donors (Lipinski definition) is 1. The first-order valence-electron chi connectivity index (χ1n) is 7.62. The number of halogens is 2. The van der Waals surface area contributed by atoms with Crippen molar-refractivity contribution < 1.29 is 13.9 Å². The highest BCUT2D eigenvalue weighted by Crippen LogP contribution is 2.32. The summed E-state index contributed by atoms with van der Waals surface area (Å²) in [6.07, 6.45) is -0.581. The van der Waals surface area contributed by atoms with Crippen molar-refractivity contribution in [3.8, 4) is 5.75 Å². The van der Waals surface area contributed by atoms with E-state index in [2.05, 4.69) is 10.3 Å². The molecule has 1 heterocycles. The highest BCUT2D eigenvalue weighted by Gasteiger charge is 2.22. The Morgan fingerprint density at radius 3 is 2.76 bits per heavy atom. The Balaban J connectivity index is 2.12. The van der Waals surface area contributed by atoms with E-state index < -0.39 is 12.1 Å². The lowest BCUT2D eigenvalue weighted by molar-refractivity contribution is -0.0403. The number of ether oxygens (including phenoxy) is 2. The highest BCUT2D eigenvalue weighted by atomic mass is 35.5. The van der Waals surface area contributed by atoms with Crippen LogP contribution in [0.4, 0.5) is 10.1 Å². The molecule has 0 aliphatic carbocycles. The molecule has 2 aromatic carbocycles. The number of nitrogens with one attached hydrogen (secondary N) is 1. The summed E-state index contributed by atoms with van der Waals surface area (Å²) in [7, 11) is 1.49. The van der Waals surface area contributed by atoms with E-state index in [1.54, 1.807) is 19.1 Å². The molecule has 1 N–H and O–H groups in total. The summed E-state index contributed by atoms with van der Waals surface area (Å²) in [5.74, 6) is -0.444. The van der Waals surface area contributed by atoms with Gasteiger partial charge in [0.1, 0.15) is 4.99 Å². The molecule has 0 radical (unpaired) electrons. The monoisotopic (exact) mass is 378 g/mol. The zero-order valence-corrected chi connectivity index (χ0v) is 15.2. The SMILES string of the molecule is COC(C)Oc1cc2c(cc1F)C(c1ccccc1Cl)=NCC(=S)N2. The zero-order valence-electron chi connectivity index (χ0n) is 13.7. The average molecular weight is 379 g/mol. The summed E-state index contributed by atoms with van der Waals surface area (Å²) in [6, 6.07) is 10.2. The van der Waals surface area contributed by atoms with Crippen molar-refractivity contribution in [2.45, 2.75) is 13.2 Å². The number of aliphatic imine (C=N–C) groups is 1. The van der Waals surface area contributed by atoms with Gasteiger partial charge in [0.15, 0.2) is 17.9 Å². The molecule has 25 heavy (non-hydrogen) atoms. The molecule has 4 nitrogen and oxygen atoms in total. The van der Waals surface area contributed by atoms with Crippen LogP contribution in [0.5, 0.6) is 5.75 Å². The van der Waals surface area contributed by atoms with E-state index in [-0.39, 0.29) is 12.3 Å². The Hall–Kier alpha value is -2.02. The molecular formula is C18H16ClFN2O2S. The van der Waals surface area contributed by atoms with Crippen LogP contribution < -0.4 is 10.1 Å². The van der Waals surface area contributed by atoms with Gasteiger partial charge in [0.2, 0.25) is 0 Å². The third-order valence-corrected chi connectivity index (χ3v) is 4.30. The number of thiocarbonyl (C=S) groups is 1. The lowest BCUT2D eigenvalue weighted by atomic mass is 10.00. The summed E-state index contributed by atoms with van der Waals surface area (Å²) in [5.41, 5.74) is 2.48. The van der Waals surface area contributed by atoms with Crippen LogP contribution in [-0.4, -0.2) is 30.6 Å². The first-order chi connectivity index (χ1) is 12.0. The molecule has 0 saturated heterocycles. The summed E-state index contributed by atoms with van der Waals surface area (Å²) in [6.45, 7) is 1.97. The molecule has 0 fully saturated rings. The molecule has 1 aliphatic heterocycles. The number of benzodiazepines with no additional fused rings is 1. The van der Waals surface area contributed by atoms with Gasteiger partial charge in [0, 0.05) is 29.3 Å². The maximum Gasteiger partial charge on any atom is 0.196 e. The molecule has 0 bridgehead atoms. The van der Waals surface area contributed by atoms with Crippen LogP contribution in [0, 0.1) is 5.82 Å². The second-order valence-corrected chi connectivity index (χ2v) is 6.34. The molecule has 1 atom stereocenters. The van der Waals surface area contributed by atoms with Gasteiger partial charge in [-0.1, -0.05) is 42.0 Å². The largest absolute Gasteiger partial charge is 0.462 e. The maximum absolute atomic E-state index is 14.6. The molecule has 7 heteroatoms. The van der Waals surface area contributed by atoms with E-state index in [0.29, 0.717) is 27.0 Å². The molecule has 0 aromatic heterocycles. The fourth-order valence-electron chi connectivity index (χ4n) is 2.48. The Morgan fingerprint density at radius 1 is 1.28 bits per heavy atom. The van der Waals surface area contributed by atoms with Crippen molar-refractivity contribution in [1.82, 2.24) is 0 Å². The van der Waals surface area contributed by atoms with Gasteiger partial charge in [-0.25, -0.2) is 4.39 Å². The number of anilines is 1. The Labute approximate surface area is 155 Å². The van der Waals surface area contributed by atoms with Crippen LogP contribution in [0.2, 0.25) is 5.02 Å². The van der Waals surface area contributed by atoms with Crippen molar-refractivity contribution in [3.05, 3.63) is 58.4 Å². The van der Waals surface area contributed by atoms with Crippen LogP contribution in [-0.2, 0) is 4.74 Å². The average Bonchev–Trinajstić information content (AvgIpc) is 2.74. The summed E-state index contributed by atoms with van der Waals surface area (Å²) < 4.78 is 25.0. The van der Waals surface area contributed by atoms with E-state index >= 15 is 0 Å². The van der Waals surface area contributed by atoms with Gasteiger partial charge in [-0.15, -0.1) is 0 Å². The van der Waals surface area contributed by atoms with Gasteiger partial charge in [0.05, 0.1) is 17.9 Å². The van der Waals surface area contributed by atoms with Gasteiger partial charge in [-0.05, 0) is 19.1 Å². The fourth-order valence-corrected chi connectivity index (χ4v) is 2.88. The number of rotatable bonds is 4. The van der Waals surface area contributed by atoms with Crippen molar-refractivity contribution in [2.75, 3.05) is 19.0 Å². The highest BCUT2D eigenvalue weighted by molar-refractivity contribution is 7.80. The normalized spacial score (nSPS) is 14.9. The molecule has 0 amide bonds. The minimum Gasteiger partial charge on any atom is -0.462 e. The van der Waals surface area contributed by atoms with Crippen LogP contribution in [0.25, 0.3) is 0 Å². The van der Waals surface area contributed by atoms with Gasteiger partial charge < -0.3 is 14.8 Å². The Kier molecular flexibility index (Phi) is 5.32. The maximum atomic E-state index is 14.6. The topological polar surface area (TPSA) is 42.9 Å². The molecular weight excluding hydrogens is 363 g/mol. The standard InChI is InChI=1S/C18H16ClFN2O2S/c1-10(23-2)24-16-8-15-12(7-14(16)20)18(21-9-17(25)22-15)11-5-3-4-6-13(11)19/h3-8,10H,9H2,1-2H3,(H,22,25). The molecule has 0 spiro atoms. The van der Waals surface area contributed by atoms with Crippen LogP contribution >= 0.6 is 23.8 Å². The number of methoxy groups -OCH3 is 1. The molecule has 2 aromatic rings. The third-order valence-electron chi connectivity index (χ3n) is 3.74. The summed E-state index contributed by atoms with van der Waals surface area (Å²) in [5, 5.41) is 3.62. The van der Waals surface area contributed by atoms with Crippen molar-refractivity contribution in [3.63, 3.8) is 0 Å². The van der Waals surface area contributed by atoms with Gasteiger partial charge in [-0.3, -0.25) is 4.99 Å². The van der Waals surface area contributed by atoms with Crippen LogP contribution in [0.1, 0.15) is 18.1 Å². The second kappa shape index (κ2) is 7.47. The number of benzene rings is 2. The minimum absolute atomic E-state index is 0.0730. The van der Waals surface area contributed by atoms with E-state index in [0.717, 1.165) is 5.56 Å². The first kappa shape index (κ1) is 17.8. The lowest BCUT2D eigenvalue weighted by Crippen LogP contribution is -2.16. The van der Waals surface area contributed by atoms with Crippen molar-refractivity contribution >= 4 is 40.2 Å². The lowest BCUT2D eigenvalue weighted by Gasteiger charge is -2.17. The number of fused-ring (bicyclic) bond motifs is 1. The Morgan fingerprint density at radius 2 is 2.04 bits per heavy atom. The van der Waals surface area contributed by atoms with E-state index in [1.165, 1.54) is 13.2 Å². The van der Waals surface area contributed by atoms with Gasteiger partial charge >= 0.3 is 0 Å². The van der Waals surface area contributed by atoms with E-state index in [1.807, 2.05) is 18.2 Å². The molecule has 1 aliphatic rings. The smallest absolute Gasteiger partial charge is 0.196 e.